The Balaban J connectivity index is 1.82. The summed E-state index contributed by atoms with van der Waals surface area (Å²) in [6, 6.07) is 12.5. The molecule has 2 aromatic rings. The molecule has 0 atom stereocenters. The van der Waals surface area contributed by atoms with Gasteiger partial charge in [0.25, 0.3) is 0 Å². The average molecular weight is 273 g/mol. The van der Waals surface area contributed by atoms with Crippen LogP contribution in [0.2, 0.25) is 0 Å². The minimum Gasteiger partial charge on any atom is -0.341 e. The molecule has 1 aromatic heterocycles. The van der Waals surface area contributed by atoms with E-state index in [1.165, 1.54) is 16.0 Å². The van der Waals surface area contributed by atoms with Crippen LogP contribution < -0.4 is 0 Å². The number of aryl methyl sites for hydroxylation is 2. The number of carbonyl (C=O) groups excluding carboxylic acids is 1. The van der Waals surface area contributed by atoms with Crippen molar-refractivity contribution in [1.29, 1.82) is 0 Å². The summed E-state index contributed by atoms with van der Waals surface area (Å²) in [5, 5.41) is 2.04. The smallest absolute Gasteiger partial charge is 0.222 e. The zero-order chi connectivity index (χ0) is 13.7. The summed E-state index contributed by atoms with van der Waals surface area (Å²) in [4.78, 5) is 15.1. The summed E-state index contributed by atoms with van der Waals surface area (Å²) < 4.78 is 0. The summed E-state index contributed by atoms with van der Waals surface area (Å²) in [6.45, 7) is 2.79. The van der Waals surface area contributed by atoms with Crippen molar-refractivity contribution in [2.24, 2.45) is 0 Å². The van der Waals surface area contributed by atoms with Crippen LogP contribution in [0.3, 0.4) is 0 Å². The molecule has 0 aliphatic heterocycles. The van der Waals surface area contributed by atoms with E-state index in [0.29, 0.717) is 13.0 Å². The van der Waals surface area contributed by atoms with Gasteiger partial charge in [0.1, 0.15) is 0 Å². The second-order valence-electron chi connectivity index (χ2n) is 4.81. The standard InChI is InChI=1S/C16H19NOS/c1-13-5-7-14(8-6-13)9-10-16(18)17(2)12-15-4-3-11-19-15/h3-8,11H,9-10,12H2,1-2H3. The zero-order valence-electron chi connectivity index (χ0n) is 11.4. The lowest BCUT2D eigenvalue weighted by molar-refractivity contribution is -0.130. The summed E-state index contributed by atoms with van der Waals surface area (Å²) in [6.07, 6.45) is 1.39. The number of hydrogen-bond donors (Lipinski definition) is 0. The Morgan fingerprint density at radius 3 is 2.58 bits per heavy atom. The Morgan fingerprint density at radius 1 is 1.21 bits per heavy atom. The first-order valence-corrected chi connectivity index (χ1v) is 7.35. The van der Waals surface area contributed by atoms with Gasteiger partial charge in [-0.05, 0) is 30.4 Å². The van der Waals surface area contributed by atoms with E-state index in [-0.39, 0.29) is 5.91 Å². The number of thiophene rings is 1. The van der Waals surface area contributed by atoms with Gasteiger partial charge in [-0.2, -0.15) is 0 Å². The molecule has 1 amide bonds. The largest absolute Gasteiger partial charge is 0.341 e. The highest BCUT2D eigenvalue weighted by atomic mass is 32.1. The third-order valence-corrected chi connectivity index (χ3v) is 4.01. The Kier molecular flexibility index (Phi) is 4.74. The Hall–Kier alpha value is -1.61. The SMILES string of the molecule is Cc1ccc(CCC(=O)N(C)Cc2cccs2)cc1. The van der Waals surface area contributed by atoms with Gasteiger partial charge in [-0.25, -0.2) is 0 Å². The molecule has 0 fully saturated rings. The van der Waals surface area contributed by atoms with Crippen molar-refractivity contribution in [1.82, 2.24) is 4.90 Å². The predicted molar refractivity (Wildman–Crippen MR) is 80.3 cm³/mol. The highest BCUT2D eigenvalue weighted by Crippen LogP contribution is 2.12. The van der Waals surface area contributed by atoms with Crippen molar-refractivity contribution < 1.29 is 4.79 Å². The van der Waals surface area contributed by atoms with E-state index in [1.807, 2.05) is 18.5 Å². The quantitative estimate of drug-likeness (QED) is 0.814. The van der Waals surface area contributed by atoms with E-state index >= 15 is 0 Å². The van der Waals surface area contributed by atoms with Crippen molar-refractivity contribution >= 4 is 17.2 Å². The summed E-state index contributed by atoms with van der Waals surface area (Å²) in [5.74, 6) is 0.203. The van der Waals surface area contributed by atoms with Gasteiger partial charge in [-0.1, -0.05) is 35.9 Å². The van der Waals surface area contributed by atoms with Gasteiger partial charge in [0, 0.05) is 18.3 Å². The molecule has 2 nitrogen and oxygen atoms in total. The zero-order valence-corrected chi connectivity index (χ0v) is 12.2. The van der Waals surface area contributed by atoms with Crippen LogP contribution in [0, 0.1) is 6.92 Å². The molecule has 0 bridgehead atoms. The molecule has 0 N–H and O–H groups in total. The van der Waals surface area contributed by atoms with Crippen molar-refractivity contribution in [3.05, 3.63) is 57.8 Å². The summed E-state index contributed by atoms with van der Waals surface area (Å²) in [7, 11) is 1.87. The molecule has 19 heavy (non-hydrogen) atoms. The lowest BCUT2D eigenvalue weighted by Crippen LogP contribution is -2.25. The first-order chi connectivity index (χ1) is 9.15. The molecule has 0 radical (unpaired) electrons. The van der Waals surface area contributed by atoms with Gasteiger partial charge in [0.05, 0.1) is 6.54 Å². The van der Waals surface area contributed by atoms with Crippen molar-refractivity contribution in [2.75, 3.05) is 7.05 Å². The lowest BCUT2D eigenvalue weighted by Gasteiger charge is -2.16. The van der Waals surface area contributed by atoms with Gasteiger partial charge >= 0.3 is 0 Å². The maximum atomic E-state index is 12.0. The molecule has 3 heteroatoms. The van der Waals surface area contributed by atoms with Gasteiger partial charge in [-0.3, -0.25) is 4.79 Å². The van der Waals surface area contributed by atoms with E-state index in [2.05, 4.69) is 37.3 Å². The van der Waals surface area contributed by atoms with Crippen LogP contribution in [0.25, 0.3) is 0 Å². The second kappa shape index (κ2) is 6.53. The summed E-state index contributed by atoms with van der Waals surface area (Å²) >= 11 is 1.69. The monoisotopic (exact) mass is 273 g/mol. The highest BCUT2D eigenvalue weighted by molar-refractivity contribution is 7.09. The molecule has 0 aliphatic carbocycles. The van der Waals surface area contributed by atoms with Crippen molar-refractivity contribution in [3.63, 3.8) is 0 Å². The predicted octanol–water partition coefficient (Wildman–Crippen LogP) is 3.65. The third kappa shape index (κ3) is 4.21. The van der Waals surface area contributed by atoms with Crippen LogP contribution in [-0.2, 0) is 17.8 Å². The Morgan fingerprint density at radius 2 is 1.95 bits per heavy atom. The Bertz CT molecular complexity index is 516. The molecule has 0 saturated carbocycles. The fourth-order valence-corrected chi connectivity index (χ4v) is 2.68. The molecule has 0 spiro atoms. The number of benzene rings is 1. The topological polar surface area (TPSA) is 20.3 Å². The maximum Gasteiger partial charge on any atom is 0.222 e. The van der Waals surface area contributed by atoms with Crippen LogP contribution in [0.1, 0.15) is 22.4 Å². The first-order valence-electron chi connectivity index (χ1n) is 6.47. The normalized spacial score (nSPS) is 10.4. The van der Waals surface area contributed by atoms with Crippen LogP contribution in [0.4, 0.5) is 0 Å². The third-order valence-electron chi connectivity index (χ3n) is 3.15. The van der Waals surface area contributed by atoms with E-state index in [1.54, 1.807) is 16.2 Å². The molecule has 0 aliphatic rings. The second-order valence-corrected chi connectivity index (χ2v) is 5.85. The van der Waals surface area contributed by atoms with Crippen LogP contribution in [0.5, 0.6) is 0 Å². The average Bonchev–Trinajstić information content (AvgIpc) is 2.90. The van der Waals surface area contributed by atoms with E-state index in [9.17, 15) is 4.79 Å². The van der Waals surface area contributed by atoms with Crippen molar-refractivity contribution in [2.45, 2.75) is 26.3 Å². The van der Waals surface area contributed by atoms with Crippen LogP contribution >= 0.6 is 11.3 Å². The van der Waals surface area contributed by atoms with Crippen molar-refractivity contribution in [3.8, 4) is 0 Å². The number of rotatable bonds is 5. The van der Waals surface area contributed by atoms with E-state index < -0.39 is 0 Å². The van der Waals surface area contributed by atoms with Gasteiger partial charge in [0.2, 0.25) is 5.91 Å². The Labute approximate surface area is 118 Å². The molecular weight excluding hydrogens is 254 g/mol. The molecule has 100 valence electrons. The molecule has 1 aromatic carbocycles. The highest BCUT2D eigenvalue weighted by Gasteiger charge is 2.09. The number of nitrogens with zero attached hydrogens (tertiary/aromatic N) is 1. The lowest BCUT2D eigenvalue weighted by atomic mass is 10.1. The van der Waals surface area contributed by atoms with Crippen LogP contribution in [-0.4, -0.2) is 17.9 Å². The van der Waals surface area contributed by atoms with Gasteiger partial charge in [0.15, 0.2) is 0 Å². The van der Waals surface area contributed by atoms with E-state index in [0.717, 1.165) is 6.42 Å². The van der Waals surface area contributed by atoms with E-state index in [4.69, 9.17) is 0 Å². The fraction of sp³-hybridized carbons (Fsp3) is 0.312. The number of carbonyl (C=O) groups is 1. The number of amides is 1. The molecule has 1 heterocycles. The van der Waals surface area contributed by atoms with Gasteiger partial charge in [-0.15, -0.1) is 11.3 Å². The first kappa shape index (κ1) is 13.8. The minimum atomic E-state index is 0.203. The molecule has 0 unspecified atom stereocenters. The van der Waals surface area contributed by atoms with Crippen LogP contribution in [0.15, 0.2) is 41.8 Å². The fourth-order valence-electron chi connectivity index (χ4n) is 1.92. The molecular formula is C16H19NOS. The minimum absolute atomic E-state index is 0.203. The molecule has 0 saturated heterocycles. The van der Waals surface area contributed by atoms with Gasteiger partial charge < -0.3 is 4.90 Å². The number of hydrogen-bond acceptors (Lipinski definition) is 2. The maximum absolute atomic E-state index is 12.0. The molecule has 2 rings (SSSR count). The summed E-state index contributed by atoms with van der Waals surface area (Å²) in [5.41, 5.74) is 2.48.